The number of carbonyl (C=O) groups is 1. The summed E-state index contributed by atoms with van der Waals surface area (Å²) in [5, 5.41) is 6.29. The number of aryl methyl sites for hydroxylation is 1. The zero-order chi connectivity index (χ0) is 21.9. The summed E-state index contributed by atoms with van der Waals surface area (Å²) in [7, 11) is 1.85. The van der Waals surface area contributed by atoms with Gasteiger partial charge in [-0.2, -0.15) is 0 Å². The van der Waals surface area contributed by atoms with E-state index in [9.17, 15) is 4.79 Å². The summed E-state index contributed by atoms with van der Waals surface area (Å²) in [5.74, 6) is 1.99. The number of rotatable bonds is 8. The van der Waals surface area contributed by atoms with Crippen molar-refractivity contribution in [1.29, 1.82) is 0 Å². The van der Waals surface area contributed by atoms with Crippen LogP contribution in [0.5, 0.6) is 11.5 Å². The molecule has 0 aromatic heterocycles. The van der Waals surface area contributed by atoms with E-state index in [0.29, 0.717) is 30.3 Å². The van der Waals surface area contributed by atoms with Gasteiger partial charge in [-0.3, -0.25) is 4.79 Å². The molecule has 1 fully saturated rings. The molecule has 0 bridgehead atoms. The van der Waals surface area contributed by atoms with Crippen LogP contribution in [0.1, 0.15) is 75.2 Å². The minimum Gasteiger partial charge on any atom is -0.485 e. The lowest BCUT2D eigenvalue weighted by atomic mass is 10.0. The van der Waals surface area contributed by atoms with Gasteiger partial charge >= 0.3 is 0 Å². The maximum atomic E-state index is 12.8. The SMILES string of the molecule is CCC1CCOC1.CCCC(CCC)NC(=O)c1cc(C)c(NC)c2c1OCCO2. The number of nitrogens with one attached hydrogen (secondary N) is 2. The average Bonchev–Trinajstić information content (AvgIpc) is 3.28. The monoisotopic (exact) mass is 420 g/mol. The van der Waals surface area contributed by atoms with Crippen molar-refractivity contribution >= 4 is 11.6 Å². The van der Waals surface area contributed by atoms with Gasteiger partial charge in [0.25, 0.3) is 5.91 Å². The van der Waals surface area contributed by atoms with Gasteiger partial charge in [-0.1, -0.05) is 40.0 Å². The van der Waals surface area contributed by atoms with Crippen LogP contribution in [-0.2, 0) is 4.74 Å². The quantitative estimate of drug-likeness (QED) is 0.623. The molecule has 0 spiro atoms. The fraction of sp³-hybridized carbons (Fsp3) is 0.708. The molecule has 170 valence electrons. The predicted octanol–water partition coefficient (Wildman–Crippen LogP) is 4.94. The Morgan fingerprint density at radius 2 is 1.77 bits per heavy atom. The predicted molar refractivity (Wildman–Crippen MR) is 122 cm³/mol. The number of carbonyl (C=O) groups excluding carboxylic acids is 1. The number of anilines is 1. The zero-order valence-electron chi connectivity index (χ0n) is 19.4. The molecule has 6 heteroatoms. The van der Waals surface area contributed by atoms with Crippen LogP contribution in [-0.4, -0.2) is 45.4 Å². The van der Waals surface area contributed by atoms with Crippen molar-refractivity contribution in [3.05, 3.63) is 17.2 Å². The van der Waals surface area contributed by atoms with Gasteiger partial charge in [-0.25, -0.2) is 0 Å². The van der Waals surface area contributed by atoms with Crippen molar-refractivity contribution in [2.75, 3.05) is 38.8 Å². The summed E-state index contributed by atoms with van der Waals surface area (Å²) < 4.78 is 16.6. The van der Waals surface area contributed by atoms with Crippen LogP contribution in [0.15, 0.2) is 6.07 Å². The Balaban J connectivity index is 0.000000386. The molecule has 1 unspecified atom stereocenters. The molecule has 6 nitrogen and oxygen atoms in total. The maximum absolute atomic E-state index is 12.8. The third-order valence-electron chi connectivity index (χ3n) is 5.71. The van der Waals surface area contributed by atoms with Crippen molar-refractivity contribution in [1.82, 2.24) is 5.32 Å². The third kappa shape index (κ3) is 6.53. The molecule has 1 atom stereocenters. The second kappa shape index (κ2) is 12.7. The van der Waals surface area contributed by atoms with Gasteiger partial charge in [0.15, 0.2) is 11.5 Å². The first-order valence-corrected chi connectivity index (χ1v) is 11.5. The summed E-state index contributed by atoms with van der Waals surface area (Å²) in [6.07, 6.45) is 6.68. The molecule has 0 radical (unpaired) electrons. The van der Waals surface area contributed by atoms with Crippen molar-refractivity contribution in [3.63, 3.8) is 0 Å². The highest BCUT2D eigenvalue weighted by atomic mass is 16.6. The highest BCUT2D eigenvalue weighted by Crippen LogP contribution is 2.42. The summed E-state index contributed by atoms with van der Waals surface area (Å²) >= 11 is 0. The summed E-state index contributed by atoms with van der Waals surface area (Å²) in [6.45, 7) is 11.4. The number of hydrogen-bond acceptors (Lipinski definition) is 5. The second-order valence-corrected chi connectivity index (χ2v) is 8.11. The molecular formula is C24H40N2O4. The second-order valence-electron chi connectivity index (χ2n) is 8.11. The molecule has 3 rings (SSSR count). The van der Waals surface area contributed by atoms with Crippen LogP contribution in [0, 0.1) is 12.8 Å². The lowest BCUT2D eigenvalue weighted by molar-refractivity contribution is 0.0921. The molecule has 1 aromatic carbocycles. The Bertz CT molecular complexity index is 666. The van der Waals surface area contributed by atoms with Crippen LogP contribution < -0.4 is 20.1 Å². The maximum Gasteiger partial charge on any atom is 0.255 e. The lowest BCUT2D eigenvalue weighted by Gasteiger charge is -2.25. The topological polar surface area (TPSA) is 68.8 Å². The molecule has 2 heterocycles. The summed E-state index contributed by atoms with van der Waals surface area (Å²) in [4.78, 5) is 12.8. The number of benzene rings is 1. The first-order chi connectivity index (χ1) is 14.5. The largest absolute Gasteiger partial charge is 0.485 e. The van der Waals surface area contributed by atoms with Crippen molar-refractivity contribution in [3.8, 4) is 11.5 Å². The van der Waals surface area contributed by atoms with Crippen molar-refractivity contribution in [2.24, 2.45) is 5.92 Å². The Morgan fingerprint density at radius 1 is 1.10 bits per heavy atom. The van der Waals surface area contributed by atoms with Gasteiger partial charge < -0.3 is 24.8 Å². The van der Waals surface area contributed by atoms with E-state index in [4.69, 9.17) is 14.2 Å². The van der Waals surface area contributed by atoms with E-state index in [1.54, 1.807) is 0 Å². The molecule has 1 saturated heterocycles. The van der Waals surface area contributed by atoms with Crippen LogP contribution in [0.3, 0.4) is 0 Å². The van der Waals surface area contributed by atoms with Gasteiger partial charge in [0.05, 0.1) is 11.3 Å². The molecule has 2 aliphatic rings. The molecule has 0 saturated carbocycles. The van der Waals surface area contributed by atoms with Gasteiger partial charge in [-0.15, -0.1) is 0 Å². The van der Waals surface area contributed by atoms with E-state index < -0.39 is 0 Å². The van der Waals surface area contributed by atoms with E-state index in [-0.39, 0.29) is 11.9 Å². The van der Waals surface area contributed by atoms with Crippen molar-refractivity contribution < 1.29 is 19.0 Å². The smallest absolute Gasteiger partial charge is 0.255 e. The summed E-state index contributed by atoms with van der Waals surface area (Å²) in [6, 6.07) is 2.09. The van der Waals surface area contributed by atoms with Gasteiger partial charge in [0, 0.05) is 26.3 Å². The third-order valence-corrected chi connectivity index (χ3v) is 5.71. The highest BCUT2D eigenvalue weighted by Gasteiger charge is 2.26. The first-order valence-electron chi connectivity index (χ1n) is 11.5. The van der Waals surface area contributed by atoms with Gasteiger partial charge in [0.1, 0.15) is 13.2 Å². The average molecular weight is 421 g/mol. The van der Waals surface area contributed by atoms with Crippen LogP contribution in [0.2, 0.25) is 0 Å². The van der Waals surface area contributed by atoms with Gasteiger partial charge in [0.2, 0.25) is 0 Å². The van der Waals surface area contributed by atoms with Crippen LogP contribution in [0.25, 0.3) is 0 Å². The Kier molecular flexibility index (Phi) is 10.3. The minimum absolute atomic E-state index is 0.0793. The zero-order valence-corrected chi connectivity index (χ0v) is 19.4. The van der Waals surface area contributed by atoms with Crippen LogP contribution >= 0.6 is 0 Å². The number of hydrogen-bond donors (Lipinski definition) is 2. The Hall–Kier alpha value is -1.95. The fourth-order valence-electron chi connectivity index (χ4n) is 3.97. The number of ether oxygens (including phenoxy) is 3. The Labute approximate surface area is 182 Å². The van der Waals surface area contributed by atoms with Gasteiger partial charge in [-0.05, 0) is 43.7 Å². The first kappa shape index (κ1) is 24.3. The van der Waals surface area contributed by atoms with E-state index in [1.807, 2.05) is 20.0 Å². The number of fused-ring (bicyclic) bond motifs is 1. The summed E-state index contributed by atoms with van der Waals surface area (Å²) in [5.41, 5.74) is 2.42. The lowest BCUT2D eigenvalue weighted by Crippen LogP contribution is -2.35. The molecular weight excluding hydrogens is 380 g/mol. The van der Waals surface area contributed by atoms with E-state index >= 15 is 0 Å². The van der Waals surface area contributed by atoms with Crippen LogP contribution in [0.4, 0.5) is 5.69 Å². The molecule has 0 aliphatic carbocycles. The fourth-order valence-corrected chi connectivity index (χ4v) is 3.97. The molecule has 2 N–H and O–H groups in total. The van der Waals surface area contributed by atoms with Crippen molar-refractivity contribution in [2.45, 2.75) is 72.3 Å². The molecule has 30 heavy (non-hydrogen) atoms. The standard InChI is InChI=1S/C18H28N2O3.C6H12O/c1-5-7-13(8-6-2)20-18(21)14-11-12(3)15(19-4)17-16(14)22-9-10-23-17;1-2-6-3-4-7-5-6/h11,13,19H,5-10H2,1-4H3,(H,20,21);6H,2-5H2,1H3. The van der Waals surface area contributed by atoms with E-state index in [0.717, 1.165) is 56.1 Å². The number of amides is 1. The molecule has 1 amide bonds. The van der Waals surface area contributed by atoms with E-state index in [2.05, 4.69) is 31.4 Å². The normalized spacial score (nSPS) is 17.3. The molecule has 1 aromatic rings. The minimum atomic E-state index is -0.0793. The highest BCUT2D eigenvalue weighted by molar-refractivity contribution is 5.99. The van der Waals surface area contributed by atoms with E-state index in [1.165, 1.54) is 12.8 Å². The molecule has 2 aliphatic heterocycles. The Morgan fingerprint density at radius 3 is 2.27 bits per heavy atom.